The van der Waals surface area contributed by atoms with Crippen LogP contribution in [-0.2, 0) is 17.5 Å². The van der Waals surface area contributed by atoms with Crippen LogP contribution in [0.1, 0.15) is 4.88 Å². The number of thiophene rings is 1. The molecular weight excluding hydrogens is 191 g/mol. The Morgan fingerprint density at radius 3 is 2.82 bits per heavy atom. The molecule has 56 valence electrons. The third-order valence-electron chi connectivity index (χ3n) is 1.10. The molecule has 0 fully saturated rings. The van der Waals surface area contributed by atoms with Gasteiger partial charge in [-0.3, -0.25) is 4.21 Å². The van der Waals surface area contributed by atoms with Gasteiger partial charge in [0.05, 0.1) is 0 Å². The van der Waals surface area contributed by atoms with Crippen molar-refractivity contribution in [1.82, 2.24) is 0 Å². The third-order valence-corrected chi connectivity index (χ3v) is 2.57. The zero-order valence-corrected chi connectivity index (χ0v) is 9.91. The summed E-state index contributed by atoms with van der Waals surface area (Å²) in [7, 11) is 0. The molecule has 0 bridgehead atoms. The largest absolute Gasteiger partial charge is 1.00 e. The molecule has 1 aromatic rings. The van der Waals surface area contributed by atoms with Crippen LogP contribution in [0.3, 0.4) is 0 Å². The average molecular weight is 198 g/mol. The van der Waals surface area contributed by atoms with Crippen LogP contribution in [0.5, 0.6) is 0 Å². The van der Waals surface area contributed by atoms with Crippen molar-refractivity contribution in [1.29, 1.82) is 0 Å². The smallest absolute Gasteiger partial charge is 0.772 e. The molecular formula is C6H7NaO2S2. The second-order valence-electron chi connectivity index (χ2n) is 1.84. The van der Waals surface area contributed by atoms with Gasteiger partial charge >= 0.3 is 29.6 Å². The van der Waals surface area contributed by atoms with Crippen LogP contribution in [0.2, 0.25) is 0 Å². The minimum Gasteiger partial charge on any atom is -0.772 e. The van der Waals surface area contributed by atoms with Crippen molar-refractivity contribution < 1.29 is 38.3 Å². The van der Waals surface area contributed by atoms with Crippen LogP contribution in [0.25, 0.3) is 0 Å². The molecule has 1 rings (SSSR count). The first-order valence-corrected chi connectivity index (χ1v) is 4.99. The molecule has 5 heteroatoms. The Morgan fingerprint density at radius 1 is 1.64 bits per heavy atom. The van der Waals surface area contributed by atoms with Crippen molar-refractivity contribution in [2.24, 2.45) is 0 Å². The summed E-state index contributed by atoms with van der Waals surface area (Å²) < 4.78 is 20.2. The minimum absolute atomic E-state index is 0. The van der Waals surface area contributed by atoms with Crippen molar-refractivity contribution >= 4 is 22.4 Å². The number of rotatable bonds is 3. The van der Waals surface area contributed by atoms with Crippen molar-refractivity contribution in [2.45, 2.75) is 6.42 Å². The van der Waals surface area contributed by atoms with Crippen LogP contribution in [0.4, 0.5) is 0 Å². The maximum atomic E-state index is 10.1. The van der Waals surface area contributed by atoms with Gasteiger partial charge in [-0.15, -0.1) is 11.3 Å². The quantitative estimate of drug-likeness (QED) is 0.423. The van der Waals surface area contributed by atoms with Gasteiger partial charge in [-0.1, -0.05) is 17.1 Å². The summed E-state index contributed by atoms with van der Waals surface area (Å²) in [4.78, 5) is 1.13. The molecule has 0 amide bonds. The standard InChI is InChI=1S/C6H8O2S2.Na/c7-10(8)5-3-6-2-1-4-9-6;/h1-2,4H,3,5H2,(H,7,8);/q;+1/p-1. The van der Waals surface area contributed by atoms with Crippen LogP contribution in [-0.4, -0.2) is 14.5 Å². The molecule has 1 atom stereocenters. The van der Waals surface area contributed by atoms with E-state index in [0.717, 1.165) is 4.88 Å². The van der Waals surface area contributed by atoms with Gasteiger partial charge in [0.25, 0.3) is 0 Å². The van der Waals surface area contributed by atoms with E-state index in [2.05, 4.69) is 0 Å². The van der Waals surface area contributed by atoms with E-state index in [1.807, 2.05) is 17.5 Å². The molecule has 0 N–H and O–H groups in total. The monoisotopic (exact) mass is 198 g/mol. The number of aryl methyl sites for hydroxylation is 1. The Bertz CT molecular complexity index is 210. The molecule has 0 saturated heterocycles. The van der Waals surface area contributed by atoms with Crippen molar-refractivity contribution in [3.63, 3.8) is 0 Å². The van der Waals surface area contributed by atoms with Crippen LogP contribution < -0.4 is 29.6 Å². The predicted octanol–water partition coefficient (Wildman–Crippen LogP) is -1.83. The molecule has 11 heavy (non-hydrogen) atoms. The van der Waals surface area contributed by atoms with E-state index < -0.39 is 11.1 Å². The van der Waals surface area contributed by atoms with Gasteiger partial charge < -0.3 is 4.55 Å². The summed E-state index contributed by atoms with van der Waals surface area (Å²) in [6.07, 6.45) is 0.647. The van der Waals surface area contributed by atoms with Gasteiger partial charge in [0.2, 0.25) is 0 Å². The van der Waals surface area contributed by atoms with Crippen LogP contribution in [0, 0.1) is 0 Å². The fraction of sp³-hybridized carbons (Fsp3) is 0.333. The Morgan fingerprint density at radius 2 is 2.36 bits per heavy atom. The van der Waals surface area contributed by atoms with Crippen molar-refractivity contribution in [3.05, 3.63) is 22.4 Å². The molecule has 0 aromatic carbocycles. The molecule has 2 nitrogen and oxygen atoms in total. The number of hydrogen-bond acceptors (Lipinski definition) is 3. The predicted molar refractivity (Wildman–Crippen MR) is 41.8 cm³/mol. The first-order chi connectivity index (χ1) is 4.79. The van der Waals surface area contributed by atoms with E-state index in [-0.39, 0.29) is 35.3 Å². The Kier molecular flexibility index (Phi) is 6.81. The van der Waals surface area contributed by atoms with Gasteiger partial charge in [-0.2, -0.15) is 0 Å². The second-order valence-corrected chi connectivity index (χ2v) is 3.89. The molecule has 1 aromatic heterocycles. The first-order valence-electron chi connectivity index (χ1n) is 2.87. The zero-order chi connectivity index (χ0) is 7.40. The zero-order valence-electron chi connectivity index (χ0n) is 6.28. The minimum atomic E-state index is -1.89. The van der Waals surface area contributed by atoms with E-state index in [1.165, 1.54) is 0 Å². The van der Waals surface area contributed by atoms with Crippen molar-refractivity contribution in [2.75, 3.05) is 5.75 Å². The molecule has 0 saturated carbocycles. The molecule has 0 aliphatic carbocycles. The molecule has 0 aliphatic rings. The second kappa shape index (κ2) is 6.34. The SMILES string of the molecule is O=S([O-])CCc1cccs1.[Na+]. The van der Waals surface area contributed by atoms with Crippen molar-refractivity contribution in [3.8, 4) is 0 Å². The van der Waals surface area contributed by atoms with E-state index >= 15 is 0 Å². The van der Waals surface area contributed by atoms with Gasteiger partial charge in [0, 0.05) is 10.6 Å². The molecule has 0 radical (unpaired) electrons. The number of hydrogen-bond donors (Lipinski definition) is 0. The molecule has 0 spiro atoms. The van der Waals surface area contributed by atoms with Gasteiger partial charge in [-0.05, 0) is 17.9 Å². The average Bonchev–Trinajstić information content (AvgIpc) is 2.34. The summed E-state index contributed by atoms with van der Waals surface area (Å²) in [5.74, 6) is 0.237. The summed E-state index contributed by atoms with van der Waals surface area (Å²) >= 11 is -0.302. The normalized spacial score (nSPS) is 12.1. The van der Waals surface area contributed by atoms with Gasteiger partial charge in [-0.25, -0.2) is 0 Å². The van der Waals surface area contributed by atoms with Crippen LogP contribution in [0.15, 0.2) is 17.5 Å². The molecule has 1 heterocycles. The van der Waals surface area contributed by atoms with Gasteiger partial charge in [0.15, 0.2) is 0 Å². The van der Waals surface area contributed by atoms with E-state index in [9.17, 15) is 8.76 Å². The fourth-order valence-corrected chi connectivity index (χ4v) is 1.86. The van der Waals surface area contributed by atoms with E-state index in [1.54, 1.807) is 11.3 Å². The summed E-state index contributed by atoms with van der Waals surface area (Å²) in [6, 6.07) is 3.87. The van der Waals surface area contributed by atoms with Crippen LogP contribution >= 0.6 is 11.3 Å². The summed E-state index contributed by atoms with van der Waals surface area (Å²) in [5.41, 5.74) is 0. The fourth-order valence-electron chi connectivity index (χ4n) is 0.639. The first kappa shape index (κ1) is 11.8. The van der Waals surface area contributed by atoms with Gasteiger partial charge in [0.1, 0.15) is 0 Å². The maximum Gasteiger partial charge on any atom is 1.00 e. The van der Waals surface area contributed by atoms with E-state index in [0.29, 0.717) is 6.42 Å². The molecule has 0 aliphatic heterocycles. The molecule has 1 unspecified atom stereocenters. The third kappa shape index (κ3) is 5.11. The Labute approximate surface area is 94.6 Å². The Hall–Kier alpha value is 0.810. The Balaban J connectivity index is 0.000001000. The maximum absolute atomic E-state index is 10.1. The van der Waals surface area contributed by atoms with E-state index in [4.69, 9.17) is 0 Å². The topological polar surface area (TPSA) is 40.1 Å². The summed E-state index contributed by atoms with van der Waals surface area (Å²) in [6.45, 7) is 0. The summed E-state index contributed by atoms with van der Waals surface area (Å²) in [5, 5.41) is 1.95.